The lowest BCUT2D eigenvalue weighted by Gasteiger charge is -2.28. The van der Waals surface area contributed by atoms with E-state index in [1.807, 2.05) is 0 Å². The maximum Gasteiger partial charge on any atom is 0.00698 e. The largest absolute Gasteiger partial charge is 0.314 e. The summed E-state index contributed by atoms with van der Waals surface area (Å²) in [7, 11) is 0. The standard InChI is InChI=1S/C13H27N/c1-10-6-7-12(8-10)14-9-11(2)13(3,4)5/h10-12,14H,6-9H2,1-5H3. The maximum absolute atomic E-state index is 3.72. The quantitative estimate of drug-likeness (QED) is 0.731. The number of nitrogens with one attached hydrogen (secondary N) is 1. The molecule has 0 aromatic heterocycles. The Balaban J connectivity index is 2.21. The molecule has 1 N–H and O–H groups in total. The first-order valence-electron chi connectivity index (χ1n) is 6.13. The molecule has 1 aliphatic rings. The van der Waals surface area contributed by atoms with Crippen LogP contribution >= 0.6 is 0 Å². The number of hydrogen-bond donors (Lipinski definition) is 1. The summed E-state index contributed by atoms with van der Waals surface area (Å²) in [6.45, 7) is 12.9. The molecule has 1 rings (SSSR count). The molecule has 1 fully saturated rings. The summed E-state index contributed by atoms with van der Waals surface area (Å²) in [4.78, 5) is 0. The molecule has 1 nitrogen and oxygen atoms in total. The van der Waals surface area contributed by atoms with Crippen molar-refractivity contribution in [1.29, 1.82) is 0 Å². The zero-order chi connectivity index (χ0) is 10.8. The fraction of sp³-hybridized carbons (Fsp3) is 1.00. The van der Waals surface area contributed by atoms with Crippen molar-refractivity contribution < 1.29 is 0 Å². The molecule has 3 atom stereocenters. The zero-order valence-electron chi connectivity index (χ0n) is 10.6. The molecule has 14 heavy (non-hydrogen) atoms. The van der Waals surface area contributed by atoms with Gasteiger partial charge >= 0.3 is 0 Å². The van der Waals surface area contributed by atoms with Gasteiger partial charge in [0.05, 0.1) is 0 Å². The van der Waals surface area contributed by atoms with Crippen LogP contribution in [0.5, 0.6) is 0 Å². The first-order valence-corrected chi connectivity index (χ1v) is 6.13. The van der Waals surface area contributed by atoms with Gasteiger partial charge in [-0.05, 0) is 43.1 Å². The molecule has 0 amide bonds. The van der Waals surface area contributed by atoms with Gasteiger partial charge in [-0.25, -0.2) is 0 Å². The summed E-state index contributed by atoms with van der Waals surface area (Å²) in [6.07, 6.45) is 4.19. The van der Waals surface area contributed by atoms with Gasteiger partial charge in [0.2, 0.25) is 0 Å². The van der Waals surface area contributed by atoms with Crippen LogP contribution in [0.25, 0.3) is 0 Å². The maximum atomic E-state index is 3.72. The molecule has 1 heteroatoms. The van der Waals surface area contributed by atoms with Crippen LogP contribution in [0.15, 0.2) is 0 Å². The molecule has 1 aliphatic carbocycles. The molecule has 0 heterocycles. The molecular formula is C13H27N. The predicted molar refractivity (Wildman–Crippen MR) is 63.4 cm³/mol. The van der Waals surface area contributed by atoms with Crippen LogP contribution in [0, 0.1) is 17.3 Å². The van der Waals surface area contributed by atoms with Gasteiger partial charge < -0.3 is 5.32 Å². The van der Waals surface area contributed by atoms with Gasteiger partial charge in [-0.3, -0.25) is 0 Å². The van der Waals surface area contributed by atoms with Crippen LogP contribution < -0.4 is 5.32 Å². The Morgan fingerprint density at radius 3 is 2.36 bits per heavy atom. The monoisotopic (exact) mass is 197 g/mol. The van der Waals surface area contributed by atoms with Gasteiger partial charge in [-0.1, -0.05) is 34.6 Å². The molecule has 84 valence electrons. The second-order valence-corrected chi connectivity index (χ2v) is 6.29. The SMILES string of the molecule is CC1CCC(NCC(C)C(C)(C)C)C1. The van der Waals surface area contributed by atoms with Crippen molar-refractivity contribution in [2.45, 2.75) is 59.9 Å². The predicted octanol–water partition coefficient (Wildman–Crippen LogP) is 3.45. The summed E-state index contributed by atoms with van der Waals surface area (Å²) >= 11 is 0. The lowest BCUT2D eigenvalue weighted by molar-refractivity contribution is 0.244. The van der Waals surface area contributed by atoms with Gasteiger partial charge in [0.25, 0.3) is 0 Å². The van der Waals surface area contributed by atoms with Crippen LogP contribution in [0.3, 0.4) is 0 Å². The Kier molecular flexibility index (Phi) is 4.00. The summed E-state index contributed by atoms with van der Waals surface area (Å²) in [5.74, 6) is 1.70. The molecule has 0 bridgehead atoms. The minimum atomic E-state index is 0.442. The Morgan fingerprint density at radius 1 is 1.29 bits per heavy atom. The lowest BCUT2D eigenvalue weighted by Crippen LogP contribution is -2.35. The lowest BCUT2D eigenvalue weighted by atomic mass is 9.82. The van der Waals surface area contributed by atoms with Crippen molar-refractivity contribution in [3.8, 4) is 0 Å². The average molecular weight is 197 g/mol. The second-order valence-electron chi connectivity index (χ2n) is 6.29. The van der Waals surface area contributed by atoms with Crippen molar-refractivity contribution in [3.63, 3.8) is 0 Å². The summed E-state index contributed by atoms with van der Waals surface area (Å²) in [5.41, 5.74) is 0.442. The van der Waals surface area contributed by atoms with Gasteiger partial charge in [0, 0.05) is 6.04 Å². The Bertz CT molecular complexity index is 169. The van der Waals surface area contributed by atoms with Gasteiger partial charge in [-0.2, -0.15) is 0 Å². The van der Waals surface area contributed by atoms with Crippen molar-refractivity contribution in [1.82, 2.24) is 5.32 Å². The second kappa shape index (κ2) is 4.65. The van der Waals surface area contributed by atoms with Gasteiger partial charge in [-0.15, -0.1) is 0 Å². The third kappa shape index (κ3) is 3.61. The third-order valence-corrected chi connectivity index (χ3v) is 3.89. The van der Waals surface area contributed by atoms with Crippen LogP contribution in [0.2, 0.25) is 0 Å². The molecule has 3 unspecified atom stereocenters. The average Bonchev–Trinajstić information content (AvgIpc) is 2.45. The van der Waals surface area contributed by atoms with Crippen LogP contribution in [0.4, 0.5) is 0 Å². The van der Waals surface area contributed by atoms with Crippen molar-refractivity contribution in [3.05, 3.63) is 0 Å². The molecule has 0 spiro atoms. The summed E-state index contributed by atoms with van der Waals surface area (Å²) < 4.78 is 0. The van der Waals surface area contributed by atoms with Crippen LogP contribution in [0.1, 0.15) is 53.9 Å². The Morgan fingerprint density at radius 2 is 1.93 bits per heavy atom. The number of rotatable bonds is 3. The van der Waals surface area contributed by atoms with Crippen LogP contribution in [-0.4, -0.2) is 12.6 Å². The molecule has 0 aromatic carbocycles. The highest BCUT2D eigenvalue weighted by molar-refractivity contribution is 4.80. The third-order valence-electron chi connectivity index (χ3n) is 3.89. The highest BCUT2D eigenvalue weighted by atomic mass is 14.9. The van der Waals surface area contributed by atoms with Crippen molar-refractivity contribution in [2.24, 2.45) is 17.3 Å². The topological polar surface area (TPSA) is 12.0 Å². The Hall–Kier alpha value is -0.0400. The molecule has 1 saturated carbocycles. The minimum Gasteiger partial charge on any atom is -0.314 e. The van der Waals surface area contributed by atoms with Gasteiger partial charge in [0.15, 0.2) is 0 Å². The highest BCUT2D eigenvalue weighted by Gasteiger charge is 2.24. The van der Waals surface area contributed by atoms with E-state index < -0.39 is 0 Å². The van der Waals surface area contributed by atoms with E-state index in [0.717, 1.165) is 17.9 Å². The van der Waals surface area contributed by atoms with E-state index >= 15 is 0 Å². The van der Waals surface area contributed by atoms with Crippen molar-refractivity contribution >= 4 is 0 Å². The highest BCUT2D eigenvalue weighted by Crippen LogP contribution is 2.27. The first kappa shape index (κ1) is 12.0. The van der Waals surface area contributed by atoms with Gasteiger partial charge in [0.1, 0.15) is 0 Å². The number of hydrogen-bond acceptors (Lipinski definition) is 1. The van der Waals surface area contributed by atoms with E-state index in [1.54, 1.807) is 0 Å². The normalized spacial score (nSPS) is 30.6. The molecule has 0 aromatic rings. The summed E-state index contributed by atoms with van der Waals surface area (Å²) in [6, 6.07) is 0.801. The van der Waals surface area contributed by atoms with E-state index in [2.05, 4.69) is 39.9 Å². The fourth-order valence-corrected chi connectivity index (χ4v) is 2.04. The smallest absolute Gasteiger partial charge is 0.00698 e. The van der Waals surface area contributed by atoms with E-state index in [-0.39, 0.29) is 0 Å². The molecular weight excluding hydrogens is 170 g/mol. The summed E-state index contributed by atoms with van der Waals surface area (Å²) in [5, 5.41) is 3.72. The molecule has 0 radical (unpaired) electrons. The minimum absolute atomic E-state index is 0.442. The van der Waals surface area contributed by atoms with Crippen LogP contribution in [-0.2, 0) is 0 Å². The molecule has 0 aliphatic heterocycles. The Labute approximate surface area is 89.7 Å². The van der Waals surface area contributed by atoms with E-state index in [4.69, 9.17) is 0 Å². The van der Waals surface area contributed by atoms with Crippen molar-refractivity contribution in [2.75, 3.05) is 6.54 Å². The van der Waals surface area contributed by atoms with E-state index in [0.29, 0.717) is 5.41 Å². The molecule has 0 saturated heterocycles. The first-order chi connectivity index (χ1) is 6.39. The zero-order valence-corrected chi connectivity index (χ0v) is 10.6. The van der Waals surface area contributed by atoms with E-state index in [1.165, 1.54) is 25.8 Å². The fourth-order valence-electron chi connectivity index (χ4n) is 2.04. The van der Waals surface area contributed by atoms with E-state index in [9.17, 15) is 0 Å².